The summed E-state index contributed by atoms with van der Waals surface area (Å²) >= 11 is 0. The largest absolute Gasteiger partial charge is 0.593 e. The van der Waals surface area contributed by atoms with Crippen molar-refractivity contribution in [1.82, 2.24) is 9.13 Å². The van der Waals surface area contributed by atoms with E-state index in [0.717, 1.165) is 86.8 Å². The quantitative estimate of drug-likeness (QED) is 0.0574. The molecule has 0 aliphatic carbocycles. The molecule has 0 saturated carbocycles. The second kappa shape index (κ2) is 26.4. The van der Waals surface area contributed by atoms with E-state index < -0.39 is 5.82 Å². The average Bonchev–Trinajstić information content (AvgIpc) is 1.55. The fourth-order valence-electron chi connectivity index (χ4n) is 15.2. The van der Waals surface area contributed by atoms with Gasteiger partial charge in [0.05, 0.1) is 44.6 Å². The SMILES string of the molecule is CCCC[OH+]c1ccc(F)cc1-c1cc(C(C)(C)CC(C)(C)C)cc(-n2c3ccc(C(C)(C)C)cc3c3cc(C(C)(C)CC(C)(C)c4ccc5c(c4)c4cc(C(C)(C)C)ccc4n5-c4cc(C(C)(C)CC(C)(C)C)cc(-c5cc(F)ccc5[OH2+])c4O)ccc32)c1O.[CH3-].[CH3-].[Zr]. The Balaban J connectivity index is 0.00000417. The smallest absolute Gasteiger partial charge is 0.262 e. The van der Waals surface area contributed by atoms with Gasteiger partial charge in [-0.1, -0.05) is 170 Å². The molecule has 5 N–H and O–H groups in total. The van der Waals surface area contributed by atoms with E-state index in [9.17, 15) is 10.2 Å². The van der Waals surface area contributed by atoms with Gasteiger partial charge >= 0.3 is 0 Å². The van der Waals surface area contributed by atoms with E-state index in [0.29, 0.717) is 46.0 Å². The van der Waals surface area contributed by atoms with Crippen molar-refractivity contribution < 1.29 is 55.0 Å². The van der Waals surface area contributed by atoms with E-state index in [2.05, 4.69) is 246 Å². The molecule has 2 heterocycles. The van der Waals surface area contributed by atoms with Crippen molar-refractivity contribution in [2.24, 2.45) is 10.8 Å². The molecule has 0 amide bonds. The fourth-order valence-corrected chi connectivity index (χ4v) is 15.2. The molecule has 10 aromatic rings. The maximum Gasteiger partial charge on any atom is 0.262 e. The van der Waals surface area contributed by atoms with Crippen LogP contribution in [0, 0.1) is 37.3 Å². The van der Waals surface area contributed by atoms with Gasteiger partial charge in [0.1, 0.15) is 23.1 Å². The zero-order valence-corrected chi connectivity index (χ0v) is 63.4. The van der Waals surface area contributed by atoms with Crippen molar-refractivity contribution in [3.63, 3.8) is 0 Å². The van der Waals surface area contributed by atoms with Crippen LogP contribution in [-0.4, -0.2) is 35.8 Å². The number of aromatic nitrogens is 2. The minimum Gasteiger partial charge on any atom is -0.593 e. The molecule has 0 radical (unpaired) electrons. The molecule has 2 aromatic heterocycles. The zero-order chi connectivity index (χ0) is 66.7. The Morgan fingerprint density at radius 1 is 0.394 bits per heavy atom. The number of unbranched alkanes of at least 4 members (excludes halogenated alkanes) is 1. The van der Waals surface area contributed by atoms with Crippen molar-refractivity contribution in [2.75, 3.05) is 6.61 Å². The number of halogens is 2. The maximum atomic E-state index is 15.6. The van der Waals surface area contributed by atoms with Crippen molar-refractivity contribution in [3.05, 3.63) is 193 Å². The molecule has 94 heavy (non-hydrogen) atoms. The topological polar surface area (TPSA) is 86.0 Å². The van der Waals surface area contributed by atoms with Crippen LogP contribution < -0.4 is 0 Å². The fraction of sp³-hybridized carbons (Fsp3) is 0.412. The first-order valence-electron chi connectivity index (χ1n) is 33.0. The normalized spacial score (nSPS) is 13.0. The van der Waals surface area contributed by atoms with Gasteiger partial charge in [0.15, 0.2) is 6.61 Å². The third-order valence-electron chi connectivity index (χ3n) is 19.2. The molecule has 6 nitrogen and oxygen atoms in total. The number of rotatable bonds is 16. The van der Waals surface area contributed by atoms with E-state index in [-0.39, 0.29) is 107 Å². The summed E-state index contributed by atoms with van der Waals surface area (Å²) < 4.78 is 40.2. The summed E-state index contributed by atoms with van der Waals surface area (Å²) in [7, 11) is 0. The van der Waals surface area contributed by atoms with Crippen molar-refractivity contribution in [1.29, 1.82) is 0 Å². The number of phenolic OH excluding ortho intramolecular Hbond substituents is 2. The number of hydrogen-bond donors (Lipinski definition) is 2. The van der Waals surface area contributed by atoms with Crippen LogP contribution in [0.2, 0.25) is 0 Å². The first kappa shape index (κ1) is 74.7. The molecule has 0 saturated heterocycles. The number of phenols is 2. The predicted molar refractivity (Wildman–Crippen MR) is 395 cm³/mol. The predicted octanol–water partition coefficient (Wildman–Crippen LogP) is 23.9. The molecule has 9 heteroatoms. The Bertz CT molecular complexity index is 4450. The number of aliphatic hydroxyl groups is 1. The van der Waals surface area contributed by atoms with Crippen LogP contribution in [0.5, 0.6) is 23.0 Å². The van der Waals surface area contributed by atoms with Crippen molar-refractivity contribution in [2.45, 2.75) is 210 Å². The van der Waals surface area contributed by atoms with E-state index in [1.54, 1.807) is 6.07 Å². The molecular weight excluding hydrogens is 1240 g/mol. The molecular formula is C85H108F2N2O4Zr. The van der Waals surface area contributed by atoms with E-state index in [4.69, 9.17) is 9.84 Å². The molecule has 500 valence electrons. The van der Waals surface area contributed by atoms with Gasteiger partial charge in [-0.05, 0) is 199 Å². The average molecular weight is 1350 g/mol. The first-order chi connectivity index (χ1) is 42.1. The summed E-state index contributed by atoms with van der Waals surface area (Å²) in [6.45, 7) is 48.1. The molecule has 0 unspecified atom stereocenters. The molecule has 0 bridgehead atoms. The Morgan fingerprint density at radius 3 is 1.11 bits per heavy atom. The minimum atomic E-state index is -0.463. The molecule has 0 fully saturated rings. The molecule has 8 aromatic carbocycles. The number of nitrogens with zero attached hydrogens (tertiary/aromatic N) is 2. The summed E-state index contributed by atoms with van der Waals surface area (Å²) in [5, 5.41) is 39.1. The summed E-state index contributed by atoms with van der Waals surface area (Å²) in [5.41, 5.74) is 12.1. The third kappa shape index (κ3) is 14.8. The Hall–Kier alpha value is -6.70. The number of ether oxygens (including phenoxy) is 1. The maximum absolute atomic E-state index is 15.6. The number of fused-ring (bicyclic) bond motifs is 6. The van der Waals surface area contributed by atoms with Crippen molar-refractivity contribution in [3.8, 4) is 56.6 Å². The summed E-state index contributed by atoms with van der Waals surface area (Å²) in [6.07, 6.45) is 4.40. The molecule has 0 aliphatic rings. The molecule has 0 spiro atoms. The van der Waals surface area contributed by atoms with Gasteiger partial charge in [-0.15, -0.1) is 0 Å². The molecule has 0 aliphatic heterocycles. The van der Waals surface area contributed by atoms with E-state index in [1.165, 1.54) is 52.6 Å². The van der Waals surface area contributed by atoms with Crippen LogP contribution in [0.15, 0.2) is 133 Å². The third-order valence-corrected chi connectivity index (χ3v) is 19.2. The van der Waals surface area contributed by atoms with Crippen LogP contribution in [0.3, 0.4) is 0 Å². The Kier molecular flexibility index (Phi) is 21.0. The minimum absolute atomic E-state index is 0. The van der Waals surface area contributed by atoms with E-state index >= 15 is 8.78 Å². The summed E-state index contributed by atoms with van der Waals surface area (Å²) in [5.74, 6) is 0.0310. The van der Waals surface area contributed by atoms with Crippen LogP contribution in [0.1, 0.15) is 211 Å². The van der Waals surface area contributed by atoms with Crippen LogP contribution in [0.25, 0.3) is 77.2 Å². The summed E-state index contributed by atoms with van der Waals surface area (Å²) in [6, 6.07) is 44.4. The number of hydrogen-bond acceptors (Lipinski definition) is 2. The molecule has 10 rings (SSSR count). The second-order valence-corrected chi connectivity index (χ2v) is 33.7. The first-order valence-corrected chi connectivity index (χ1v) is 33.0. The Labute approximate surface area is 581 Å². The van der Waals surface area contributed by atoms with Gasteiger partial charge in [0.25, 0.3) is 11.5 Å². The monoisotopic (exact) mass is 1350 g/mol. The summed E-state index contributed by atoms with van der Waals surface area (Å²) in [4.78, 5) is 0. The number of benzene rings is 8. The van der Waals surface area contributed by atoms with Gasteiger partial charge in [-0.25, -0.2) is 8.78 Å². The van der Waals surface area contributed by atoms with Gasteiger partial charge in [0.2, 0.25) is 0 Å². The van der Waals surface area contributed by atoms with Crippen LogP contribution in [-0.2, 0) is 58.7 Å². The van der Waals surface area contributed by atoms with Gasteiger partial charge < -0.3 is 44.0 Å². The Morgan fingerprint density at radius 2 is 0.734 bits per heavy atom. The van der Waals surface area contributed by atoms with Crippen LogP contribution in [0.4, 0.5) is 8.78 Å². The van der Waals surface area contributed by atoms with E-state index in [1.807, 2.05) is 6.07 Å². The van der Waals surface area contributed by atoms with Crippen molar-refractivity contribution >= 4 is 43.6 Å². The van der Waals surface area contributed by atoms with Gasteiger partial charge in [-0.3, -0.25) is 0 Å². The molecule has 0 atom stereocenters. The van der Waals surface area contributed by atoms with Gasteiger partial charge in [-0.2, -0.15) is 0 Å². The number of aromatic hydroxyl groups is 3. The zero-order valence-electron chi connectivity index (χ0n) is 60.9. The standard InChI is InChI=1S/C83H100F2N2O4.2CH3.Zr/c1-22-23-36-91-73-35-29-57(85)46-63(73)65-42-55(81(16,17)48-77(5,6)7)44-71(75(65)90)87-67-31-25-51(79(11,12)13)38-59(67)61-40-53(27-33-69(61)87)83(20,21)49-82(18,19)52-26-32-68-60(39-52)58-37-50(78(8,9)10)24-30-66(58)86(68)70-43-54(80(14,15)47-76(2,3)4)41-64(74(70)89)62-45-56(84)28-34-72(62)88;;;/h24-35,37-46,88-90H,22-23,36,47-49H2,1-21H3;2*1H3;/q;2*-1;/p+2. The van der Waals surface area contributed by atoms with Crippen LogP contribution >= 0.6 is 0 Å². The van der Waals surface area contributed by atoms with Gasteiger partial charge in [0, 0.05) is 77.4 Å². The second-order valence-electron chi connectivity index (χ2n) is 33.7.